The number of hydrogen-bond donors (Lipinski definition) is 2. The molecule has 1 heterocycles. The minimum atomic E-state index is -0.187. The number of carbonyl (C=O) groups excluding carboxylic acids is 1. The molecule has 0 radical (unpaired) electrons. The molecule has 0 spiro atoms. The Morgan fingerprint density at radius 1 is 1.55 bits per heavy atom. The van der Waals surface area contributed by atoms with E-state index in [-0.39, 0.29) is 11.9 Å². The van der Waals surface area contributed by atoms with Gasteiger partial charge >= 0.3 is 0 Å². The number of nitrogens with one attached hydrogen (secondary N) is 1. The summed E-state index contributed by atoms with van der Waals surface area (Å²) < 4.78 is 0. The Labute approximate surface area is 127 Å². The van der Waals surface area contributed by atoms with Crippen molar-refractivity contribution >= 4 is 34.5 Å². The van der Waals surface area contributed by atoms with E-state index in [1.54, 1.807) is 29.5 Å². The average Bonchev–Trinajstić information content (AvgIpc) is 2.90. The second-order valence-corrected chi connectivity index (χ2v) is 6.00. The topological polar surface area (TPSA) is 68.0 Å². The Morgan fingerprint density at radius 2 is 2.30 bits per heavy atom. The Morgan fingerprint density at radius 3 is 2.90 bits per heavy atom. The number of rotatable bonds is 4. The van der Waals surface area contributed by atoms with E-state index in [2.05, 4.69) is 17.2 Å². The summed E-state index contributed by atoms with van der Waals surface area (Å²) in [7, 11) is 0. The van der Waals surface area contributed by atoms with E-state index in [4.69, 9.17) is 17.3 Å². The summed E-state index contributed by atoms with van der Waals surface area (Å²) in [6, 6.07) is 4.71. The fraction of sp³-hybridized carbons (Fsp3) is 0.286. The largest absolute Gasteiger partial charge is 0.398 e. The van der Waals surface area contributed by atoms with E-state index >= 15 is 0 Å². The van der Waals surface area contributed by atoms with Gasteiger partial charge in [0.05, 0.1) is 16.8 Å². The molecule has 6 heteroatoms. The molecule has 4 nitrogen and oxygen atoms in total. The number of anilines is 1. The van der Waals surface area contributed by atoms with Gasteiger partial charge in [0.2, 0.25) is 0 Å². The highest BCUT2D eigenvalue weighted by atomic mass is 35.5. The minimum Gasteiger partial charge on any atom is -0.398 e. The van der Waals surface area contributed by atoms with Crippen LogP contribution in [0, 0.1) is 0 Å². The lowest BCUT2D eigenvalue weighted by Crippen LogP contribution is -2.26. The summed E-state index contributed by atoms with van der Waals surface area (Å²) in [5.74, 6) is -0.187. The quantitative estimate of drug-likeness (QED) is 0.850. The molecule has 20 heavy (non-hydrogen) atoms. The predicted molar refractivity (Wildman–Crippen MR) is 83.2 cm³/mol. The molecule has 1 unspecified atom stereocenters. The first kappa shape index (κ1) is 14.8. The van der Waals surface area contributed by atoms with Crippen molar-refractivity contribution < 1.29 is 4.79 Å². The lowest BCUT2D eigenvalue weighted by atomic mass is 10.2. The van der Waals surface area contributed by atoms with Gasteiger partial charge in [-0.3, -0.25) is 4.79 Å². The van der Waals surface area contributed by atoms with Gasteiger partial charge in [-0.15, -0.1) is 11.3 Å². The van der Waals surface area contributed by atoms with Crippen LogP contribution < -0.4 is 11.1 Å². The zero-order valence-electron chi connectivity index (χ0n) is 11.3. The van der Waals surface area contributed by atoms with E-state index in [9.17, 15) is 4.79 Å². The van der Waals surface area contributed by atoms with Crippen LogP contribution in [0.4, 0.5) is 5.69 Å². The number of hydrogen-bond acceptors (Lipinski definition) is 4. The van der Waals surface area contributed by atoms with Crippen molar-refractivity contribution in [2.45, 2.75) is 26.3 Å². The normalized spacial score (nSPS) is 12.2. The fourth-order valence-corrected chi connectivity index (χ4v) is 2.74. The standard InChI is InChI=1S/C14H16ClN3OS/c1-3-10-7-17-14(20-10)8(2)18-13(19)9-4-5-12(16)11(15)6-9/h4-8H,3,16H2,1-2H3,(H,18,19). The summed E-state index contributed by atoms with van der Waals surface area (Å²) in [6.45, 7) is 3.99. The number of nitrogen functional groups attached to an aromatic ring is 1. The van der Waals surface area contributed by atoms with Gasteiger partial charge in [0.15, 0.2) is 0 Å². The molecule has 0 aliphatic rings. The molecular weight excluding hydrogens is 294 g/mol. The SMILES string of the molecule is CCc1cnc(C(C)NC(=O)c2ccc(N)c(Cl)c2)s1. The Hall–Kier alpha value is -1.59. The molecule has 0 saturated heterocycles. The van der Waals surface area contributed by atoms with Crippen LogP contribution in [0.3, 0.4) is 0 Å². The zero-order chi connectivity index (χ0) is 14.7. The molecule has 2 aromatic rings. The van der Waals surface area contributed by atoms with Crippen molar-refractivity contribution in [3.63, 3.8) is 0 Å². The number of aromatic nitrogens is 1. The summed E-state index contributed by atoms with van der Waals surface area (Å²) in [5.41, 5.74) is 6.58. The van der Waals surface area contributed by atoms with Gasteiger partial charge in [0.25, 0.3) is 5.91 Å². The van der Waals surface area contributed by atoms with Gasteiger partial charge in [-0.1, -0.05) is 18.5 Å². The van der Waals surface area contributed by atoms with Gasteiger partial charge < -0.3 is 11.1 Å². The van der Waals surface area contributed by atoms with Gasteiger partial charge in [0.1, 0.15) is 5.01 Å². The van der Waals surface area contributed by atoms with Crippen LogP contribution >= 0.6 is 22.9 Å². The highest BCUT2D eigenvalue weighted by Gasteiger charge is 2.15. The van der Waals surface area contributed by atoms with E-state index in [0.717, 1.165) is 11.4 Å². The zero-order valence-corrected chi connectivity index (χ0v) is 12.9. The van der Waals surface area contributed by atoms with Crippen LogP contribution in [-0.2, 0) is 6.42 Å². The molecule has 1 aromatic carbocycles. The smallest absolute Gasteiger partial charge is 0.251 e. The third-order valence-electron chi connectivity index (χ3n) is 2.90. The van der Waals surface area contributed by atoms with Crippen LogP contribution in [0.5, 0.6) is 0 Å². The van der Waals surface area contributed by atoms with Gasteiger partial charge in [-0.2, -0.15) is 0 Å². The van der Waals surface area contributed by atoms with Crippen LogP contribution in [-0.4, -0.2) is 10.9 Å². The molecule has 1 aromatic heterocycles. The molecule has 0 fully saturated rings. The molecule has 0 bridgehead atoms. The minimum absolute atomic E-state index is 0.135. The van der Waals surface area contributed by atoms with E-state index in [0.29, 0.717) is 16.3 Å². The second kappa shape index (κ2) is 6.24. The highest BCUT2D eigenvalue weighted by molar-refractivity contribution is 7.11. The second-order valence-electron chi connectivity index (χ2n) is 4.45. The number of thiazole rings is 1. The number of nitrogens with zero attached hydrogens (tertiary/aromatic N) is 1. The molecule has 0 aliphatic carbocycles. The molecule has 3 N–H and O–H groups in total. The maximum absolute atomic E-state index is 12.1. The van der Waals surface area contributed by atoms with Crippen LogP contribution in [0.1, 0.15) is 40.1 Å². The lowest BCUT2D eigenvalue weighted by molar-refractivity contribution is 0.0940. The van der Waals surface area contributed by atoms with Crippen LogP contribution in [0.2, 0.25) is 5.02 Å². The van der Waals surface area contributed by atoms with Crippen molar-refractivity contribution in [1.82, 2.24) is 10.3 Å². The van der Waals surface area contributed by atoms with Crippen LogP contribution in [0.25, 0.3) is 0 Å². The molecule has 0 saturated carbocycles. The maximum Gasteiger partial charge on any atom is 0.251 e. The average molecular weight is 310 g/mol. The molecule has 106 valence electrons. The van der Waals surface area contributed by atoms with Crippen molar-refractivity contribution in [2.24, 2.45) is 0 Å². The summed E-state index contributed by atoms with van der Waals surface area (Å²) in [5, 5.41) is 4.19. The van der Waals surface area contributed by atoms with Crippen molar-refractivity contribution in [1.29, 1.82) is 0 Å². The summed E-state index contributed by atoms with van der Waals surface area (Å²) >= 11 is 7.53. The molecule has 1 atom stereocenters. The third-order valence-corrected chi connectivity index (χ3v) is 4.55. The first-order valence-electron chi connectivity index (χ1n) is 6.31. The van der Waals surface area contributed by atoms with Crippen molar-refractivity contribution in [2.75, 3.05) is 5.73 Å². The van der Waals surface area contributed by atoms with Crippen molar-refractivity contribution in [3.8, 4) is 0 Å². The number of halogens is 1. The van der Waals surface area contributed by atoms with Gasteiger partial charge in [0, 0.05) is 16.6 Å². The van der Waals surface area contributed by atoms with E-state index in [1.165, 1.54) is 4.88 Å². The molecule has 0 aliphatic heterocycles. The number of benzene rings is 1. The highest BCUT2D eigenvalue weighted by Crippen LogP contribution is 2.22. The Balaban J connectivity index is 2.08. The third kappa shape index (κ3) is 3.29. The molecule has 2 rings (SSSR count). The monoisotopic (exact) mass is 309 g/mol. The van der Waals surface area contributed by atoms with E-state index < -0.39 is 0 Å². The number of carbonyl (C=O) groups is 1. The first-order chi connectivity index (χ1) is 9.51. The van der Waals surface area contributed by atoms with Gasteiger partial charge in [-0.25, -0.2) is 4.98 Å². The first-order valence-corrected chi connectivity index (χ1v) is 7.51. The molecule has 1 amide bonds. The summed E-state index contributed by atoms with van der Waals surface area (Å²) in [6.07, 6.45) is 2.80. The Bertz CT molecular complexity index is 627. The fourth-order valence-electron chi connectivity index (χ4n) is 1.70. The lowest BCUT2D eigenvalue weighted by Gasteiger charge is -2.11. The molecular formula is C14H16ClN3OS. The van der Waals surface area contributed by atoms with Crippen molar-refractivity contribution in [3.05, 3.63) is 44.9 Å². The summed E-state index contributed by atoms with van der Waals surface area (Å²) in [4.78, 5) is 17.7. The predicted octanol–water partition coefficient (Wildman–Crippen LogP) is 3.43. The van der Waals surface area contributed by atoms with Gasteiger partial charge in [-0.05, 0) is 31.5 Å². The van der Waals surface area contributed by atoms with Crippen LogP contribution in [0.15, 0.2) is 24.4 Å². The van der Waals surface area contributed by atoms with E-state index in [1.807, 2.05) is 13.1 Å². The number of amides is 1. The maximum atomic E-state index is 12.1. The Kier molecular flexibility index (Phi) is 4.62. The number of nitrogens with two attached hydrogens (primary N) is 1. The number of aryl methyl sites for hydroxylation is 1.